The van der Waals surface area contributed by atoms with E-state index in [0.717, 1.165) is 25.9 Å². The Morgan fingerprint density at radius 2 is 2.07 bits per heavy atom. The van der Waals surface area contributed by atoms with Gasteiger partial charge in [-0.25, -0.2) is 0 Å². The summed E-state index contributed by atoms with van der Waals surface area (Å²) in [5.41, 5.74) is 0. The summed E-state index contributed by atoms with van der Waals surface area (Å²) >= 11 is 1.86. The number of aryl methyl sites for hydroxylation is 1. The highest BCUT2D eigenvalue weighted by Crippen LogP contribution is 2.18. The van der Waals surface area contributed by atoms with E-state index in [1.807, 2.05) is 11.3 Å². The molecule has 1 heterocycles. The molecular weight excluding hydrogens is 204 g/mol. The van der Waals surface area contributed by atoms with Gasteiger partial charge >= 0.3 is 0 Å². The summed E-state index contributed by atoms with van der Waals surface area (Å²) < 4.78 is 0. The second kappa shape index (κ2) is 6.60. The van der Waals surface area contributed by atoms with Crippen LogP contribution in [0.2, 0.25) is 0 Å². The molecule has 82 valence electrons. The molecule has 2 nitrogen and oxygen atoms in total. The maximum absolute atomic E-state index is 8.70. The first-order valence-corrected chi connectivity index (χ1v) is 6.28. The van der Waals surface area contributed by atoms with E-state index in [1.165, 1.54) is 9.75 Å². The lowest BCUT2D eigenvalue weighted by Gasteiger charge is -2.16. The summed E-state index contributed by atoms with van der Waals surface area (Å²) in [5, 5.41) is 8.70. The Morgan fingerprint density at radius 3 is 2.60 bits per heavy atom. The summed E-state index contributed by atoms with van der Waals surface area (Å²) in [6, 6.07) is 6.60. The summed E-state index contributed by atoms with van der Waals surface area (Å²) in [6.07, 6.45) is 2.21. The van der Waals surface area contributed by atoms with Gasteiger partial charge in [0.05, 0.1) is 12.6 Å². The first-order valence-electron chi connectivity index (χ1n) is 5.47. The van der Waals surface area contributed by atoms with Crippen molar-refractivity contribution >= 4 is 11.3 Å². The average molecular weight is 222 g/mol. The zero-order chi connectivity index (χ0) is 11.1. The first-order chi connectivity index (χ1) is 7.30. The minimum atomic E-state index is 0.535. The third-order valence-electron chi connectivity index (χ3n) is 2.28. The third-order valence-corrected chi connectivity index (χ3v) is 3.49. The lowest BCUT2D eigenvalue weighted by atomic mass is 10.3. The van der Waals surface area contributed by atoms with E-state index >= 15 is 0 Å². The van der Waals surface area contributed by atoms with Gasteiger partial charge in [0.1, 0.15) is 0 Å². The van der Waals surface area contributed by atoms with Crippen molar-refractivity contribution in [3.63, 3.8) is 0 Å². The SMILES string of the molecule is CCCN(CC#N)Cc1ccc(CC)s1. The topological polar surface area (TPSA) is 27.0 Å². The van der Waals surface area contributed by atoms with E-state index in [4.69, 9.17) is 5.26 Å². The molecule has 0 atom stereocenters. The van der Waals surface area contributed by atoms with Crippen molar-refractivity contribution in [1.29, 1.82) is 5.26 Å². The van der Waals surface area contributed by atoms with Crippen molar-refractivity contribution < 1.29 is 0 Å². The molecule has 0 fully saturated rings. The van der Waals surface area contributed by atoms with Gasteiger partial charge in [0.2, 0.25) is 0 Å². The van der Waals surface area contributed by atoms with Crippen LogP contribution in [-0.4, -0.2) is 18.0 Å². The van der Waals surface area contributed by atoms with Gasteiger partial charge in [-0.1, -0.05) is 13.8 Å². The Morgan fingerprint density at radius 1 is 1.33 bits per heavy atom. The smallest absolute Gasteiger partial charge is 0.0869 e. The van der Waals surface area contributed by atoms with Gasteiger partial charge in [0.25, 0.3) is 0 Å². The van der Waals surface area contributed by atoms with E-state index in [-0.39, 0.29) is 0 Å². The highest BCUT2D eigenvalue weighted by Gasteiger charge is 2.06. The van der Waals surface area contributed by atoms with Crippen LogP contribution in [0.5, 0.6) is 0 Å². The molecule has 1 aromatic heterocycles. The summed E-state index contributed by atoms with van der Waals surface area (Å²) in [6.45, 7) is 6.79. The zero-order valence-corrected chi connectivity index (χ0v) is 10.3. The number of rotatable bonds is 6. The van der Waals surface area contributed by atoms with Crippen LogP contribution >= 0.6 is 11.3 Å². The molecule has 0 saturated carbocycles. The molecule has 0 N–H and O–H groups in total. The fraction of sp³-hybridized carbons (Fsp3) is 0.583. The van der Waals surface area contributed by atoms with Gasteiger partial charge in [-0.05, 0) is 31.5 Å². The highest BCUT2D eigenvalue weighted by atomic mass is 32.1. The van der Waals surface area contributed by atoms with E-state index in [2.05, 4.69) is 36.9 Å². The predicted molar refractivity (Wildman–Crippen MR) is 64.9 cm³/mol. The second-order valence-corrected chi connectivity index (χ2v) is 4.84. The Balaban J connectivity index is 2.53. The summed E-state index contributed by atoms with van der Waals surface area (Å²) in [7, 11) is 0. The molecule has 0 aromatic carbocycles. The van der Waals surface area contributed by atoms with E-state index < -0.39 is 0 Å². The quantitative estimate of drug-likeness (QED) is 0.692. The number of hydrogen-bond acceptors (Lipinski definition) is 3. The van der Waals surface area contributed by atoms with Crippen molar-refractivity contribution in [3.8, 4) is 6.07 Å². The number of nitriles is 1. The Hall–Kier alpha value is -0.850. The van der Waals surface area contributed by atoms with Gasteiger partial charge in [-0.2, -0.15) is 5.26 Å². The zero-order valence-electron chi connectivity index (χ0n) is 9.49. The molecule has 15 heavy (non-hydrogen) atoms. The Bertz CT molecular complexity index is 325. The molecule has 0 aliphatic carbocycles. The molecule has 0 amide bonds. The molecule has 0 spiro atoms. The fourth-order valence-corrected chi connectivity index (χ4v) is 2.55. The van der Waals surface area contributed by atoms with Crippen LogP contribution in [-0.2, 0) is 13.0 Å². The maximum Gasteiger partial charge on any atom is 0.0869 e. The molecule has 0 unspecified atom stereocenters. The molecule has 0 bridgehead atoms. The van der Waals surface area contributed by atoms with Gasteiger partial charge in [-0.3, -0.25) is 4.90 Å². The average Bonchev–Trinajstić information content (AvgIpc) is 2.66. The maximum atomic E-state index is 8.70. The third kappa shape index (κ3) is 4.03. The van der Waals surface area contributed by atoms with Gasteiger partial charge < -0.3 is 0 Å². The van der Waals surface area contributed by atoms with Crippen LogP contribution in [0.25, 0.3) is 0 Å². The van der Waals surface area contributed by atoms with Crippen LogP contribution in [0.15, 0.2) is 12.1 Å². The van der Waals surface area contributed by atoms with Crippen LogP contribution in [0.3, 0.4) is 0 Å². The normalized spacial score (nSPS) is 10.5. The van der Waals surface area contributed by atoms with Gasteiger partial charge in [-0.15, -0.1) is 11.3 Å². The predicted octanol–water partition coefficient (Wildman–Crippen LogP) is 3.05. The molecule has 1 rings (SSSR count). The lowest BCUT2D eigenvalue weighted by molar-refractivity contribution is 0.301. The molecular formula is C12H18N2S. The van der Waals surface area contributed by atoms with Crippen molar-refractivity contribution in [2.75, 3.05) is 13.1 Å². The van der Waals surface area contributed by atoms with Crippen molar-refractivity contribution in [1.82, 2.24) is 4.90 Å². The minimum Gasteiger partial charge on any atom is -0.285 e. The van der Waals surface area contributed by atoms with E-state index in [0.29, 0.717) is 6.54 Å². The minimum absolute atomic E-state index is 0.535. The Labute approximate surface area is 96.1 Å². The molecule has 0 aliphatic rings. The Kier molecular flexibility index (Phi) is 5.38. The van der Waals surface area contributed by atoms with Gasteiger partial charge in [0, 0.05) is 16.3 Å². The van der Waals surface area contributed by atoms with Gasteiger partial charge in [0.15, 0.2) is 0 Å². The standard InChI is InChI=1S/C12H18N2S/c1-3-8-14(9-7-13)10-12-6-5-11(4-2)15-12/h5-6H,3-4,8-10H2,1-2H3. The monoisotopic (exact) mass is 222 g/mol. The summed E-state index contributed by atoms with van der Waals surface area (Å²) in [5.74, 6) is 0. The number of hydrogen-bond donors (Lipinski definition) is 0. The molecule has 0 radical (unpaired) electrons. The van der Waals surface area contributed by atoms with Crippen LogP contribution in [0, 0.1) is 11.3 Å². The molecule has 0 aliphatic heterocycles. The lowest BCUT2D eigenvalue weighted by Crippen LogP contribution is -2.23. The molecule has 0 saturated heterocycles. The first kappa shape index (κ1) is 12.2. The fourth-order valence-electron chi connectivity index (χ4n) is 1.55. The highest BCUT2D eigenvalue weighted by molar-refractivity contribution is 7.11. The van der Waals surface area contributed by atoms with Crippen molar-refractivity contribution in [2.24, 2.45) is 0 Å². The van der Waals surface area contributed by atoms with Crippen LogP contribution < -0.4 is 0 Å². The second-order valence-electron chi connectivity index (χ2n) is 3.59. The molecule has 3 heteroatoms. The number of nitrogens with zero attached hydrogens (tertiary/aromatic N) is 2. The number of thiophene rings is 1. The van der Waals surface area contributed by atoms with Crippen LogP contribution in [0.4, 0.5) is 0 Å². The largest absolute Gasteiger partial charge is 0.285 e. The molecule has 1 aromatic rings. The van der Waals surface area contributed by atoms with Crippen molar-refractivity contribution in [2.45, 2.75) is 33.2 Å². The van der Waals surface area contributed by atoms with Crippen molar-refractivity contribution in [3.05, 3.63) is 21.9 Å². The van der Waals surface area contributed by atoms with E-state index in [9.17, 15) is 0 Å². The van der Waals surface area contributed by atoms with Crippen LogP contribution in [0.1, 0.15) is 30.0 Å². The van der Waals surface area contributed by atoms with E-state index in [1.54, 1.807) is 0 Å². The summed E-state index contributed by atoms with van der Waals surface area (Å²) in [4.78, 5) is 5.00.